The lowest BCUT2D eigenvalue weighted by atomic mass is 9.98. The van der Waals surface area contributed by atoms with Crippen LogP contribution in [0.15, 0.2) is 23.2 Å². The van der Waals surface area contributed by atoms with Crippen molar-refractivity contribution in [1.82, 2.24) is 0 Å². The summed E-state index contributed by atoms with van der Waals surface area (Å²) in [6.07, 6.45) is 9.33. The van der Waals surface area contributed by atoms with Crippen LogP contribution >= 0.6 is 11.6 Å². The third kappa shape index (κ3) is 4.42. The van der Waals surface area contributed by atoms with Gasteiger partial charge in [-0.15, -0.1) is 0 Å². The van der Waals surface area contributed by atoms with Crippen molar-refractivity contribution < 1.29 is 4.74 Å². The van der Waals surface area contributed by atoms with E-state index in [0.29, 0.717) is 5.88 Å². The molecule has 1 aliphatic rings. The van der Waals surface area contributed by atoms with Crippen molar-refractivity contribution in [3.8, 4) is 0 Å². The van der Waals surface area contributed by atoms with E-state index in [1.54, 1.807) is 6.08 Å². The Morgan fingerprint density at radius 3 is 2.36 bits per heavy atom. The van der Waals surface area contributed by atoms with Gasteiger partial charge >= 0.3 is 0 Å². The predicted molar refractivity (Wildman–Crippen MR) is 58.4 cm³/mol. The van der Waals surface area contributed by atoms with Gasteiger partial charge in [0.1, 0.15) is 6.10 Å². The predicted octanol–water partition coefficient (Wildman–Crippen LogP) is 2.17. The van der Waals surface area contributed by atoms with Crippen molar-refractivity contribution in [2.75, 3.05) is 0 Å². The van der Waals surface area contributed by atoms with Crippen LogP contribution in [0.5, 0.6) is 0 Å². The van der Waals surface area contributed by atoms with Gasteiger partial charge in [-0.25, -0.2) is 0 Å². The fourth-order valence-corrected chi connectivity index (χ4v) is 1.64. The highest BCUT2D eigenvalue weighted by molar-refractivity contribution is 6.29. The molecule has 0 saturated heterocycles. The molecule has 0 aliphatic heterocycles. The highest BCUT2D eigenvalue weighted by Crippen LogP contribution is 2.21. The summed E-state index contributed by atoms with van der Waals surface area (Å²) in [6.45, 7) is 0. The van der Waals surface area contributed by atoms with Crippen molar-refractivity contribution in [2.24, 2.45) is 11.5 Å². The maximum Gasteiger partial charge on any atom is 0.184 e. The number of nitrogens with two attached hydrogens (primary N) is 2. The molecule has 0 unspecified atom stereocenters. The molecular weight excluding hydrogens is 200 g/mol. The molecule has 3 nitrogen and oxygen atoms in total. The van der Waals surface area contributed by atoms with E-state index < -0.39 is 0 Å². The first-order valence-electron chi connectivity index (χ1n) is 4.93. The molecule has 4 heteroatoms. The molecule has 1 aliphatic carbocycles. The second-order valence-electron chi connectivity index (χ2n) is 3.50. The van der Waals surface area contributed by atoms with Crippen LogP contribution < -0.4 is 11.5 Å². The molecule has 4 N–H and O–H groups in total. The fourth-order valence-electron chi connectivity index (χ4n) is 1.58. The minimum atomic E-state index is 0.209. The first kappa shape index (κ1) is 11.2. The Bertz CT molecular complexity index is 228. The molecule has 0 amide bonds. The monoisotopic (exact) mass is 216 g/mol. The minimum Gasteiger partial charge on any atom is -0.476 e. The van der Waals surface area contributed by atoms with Crippen LogP contribution in [-0.2, 0) is 4.74 Å². The quantitative estimate of drug-likeness (QED) is 0.432. The van der Waals surface area contributed by atoms with E-state index in [2.05, 4.69) is 0 Å². The lowest BCUT2D eigenvalue weighted by Gasteiger charge is -2.22. The van der Waals surface area contributed by atoms with Crippen LogP contribution in [0.2, 0.25) is 0 Å². The van der Waals surface area contributed by atoms with Crippen molar-refractivity contribution >= 4 is 11.6 Å². The smallest absolute Gasteiger partial charge is 0.184 e. The number of ether oxygens (including phenoxy) is 1. The largest absolute Gasteiger partial charge is 0.476 e. The van der Waals surface area contributed by atoms with E-state index >= 15 is 0 Å². The fraction of sp³-hybridized carbons (Fsp3) is 0.600. The van der Waals surface area contributed by atoms with Crippen LogP contribution in [0.4, 0.5) is 0 Å². The van der Waals surface area contributed by atoms with Crippen LogP contribution in [0, 0.1) is 0 Å². The molecule has 0 aromatic rings. The number of rotatable bonds is 3. The molecule has 14 heavy (non-hydrogen) atoms. The van der Waals surface area contributed by atoms with Crippen molar-refractivity contribution in [3.05, 3.63) is 23.2 Å². The number of hydrogen-bond donors (Lipinski definition) is 2. The average Bonchev–Trinajstić information content (AvgIpc) is 2.16. The zero-order chi connectivity index (χ0) is 10.4. The van der Waals surface area contributed by atoms with Crippen molar-refractivity contribution in [1.29, 1.82) is 0 Å². The van der Waals surface area contributed by atoms with E-state index in [1.165, 1.54) is 25.3 Å². The maximum atomic E-state index is 5.63. The summed E-state index contributed by atoms with van der Waals surface area (Å²) in [4.78, 5) is 0. The Hall–Kier alpha value is -0.830. The van der Waals surface area contributed by atoms with Crippen LogP contribution in [-0.4, -0.2) is 6.10 Å². The first-order chi connectivity index (χ1) is 6.68. The van der Waals surface area contributed by atoms with Crippen molar-refractivity contribution in [2.45, 2.75) is 38.2 Å². The SMILES string of the molecule is N/C(Cl)=C\C=C(/N)OC1CCCCC1. The van der Waals surface area contributed by atoms with E-state index in [-0.39, 0.29) is 11.3 Å². The number of allylic oxidation sites excluding steroid dienone is 2. The molecule has 0 aromatic carbocycles. The average molecular weight is 217 g/mol. The molecule has 80 valence electrons. The van der Waals surface area contributed by atoms with Crippen molar-refractivity contribution in [3.63, 3.8) is 0 Å². The molecule has 0 bridgehead atoms. The van der Waals surface area contributed by atoms with Crippen LogP contribution in [0.1, 0.15) is 32.1 Å². The molecule has 0 radical (unpaired) electrons. The van der Waals surface area contributed by atoms with Gasteiger partial charge in [-0.3, -0.25) is 0 Å². The highest BCUT2D eigenvalue weighted by Gasteiger charge is 2.14. The molecule has 0 aromatic heterocycles. The highest BCUT2D eigenvalue weighted by atomic mass is 35.5. The summed E-state index contributed by atoms with van der Waals surface area (Å²) in [5.74, 6) is 0.389. The number of halogens is 1. The van der Waals surface area contributed by atoms with E-state index in [0.717, 1.165) is 12.8 Å². The standard InChI is InChI=1S/C10H17ClN2O/c11-9(12)6-7-10(13)14-8-4-2-1-3-5-8/h6-8H,1-5,12-13H2/b9-6-,10-7+. The van der Waals surface area contributed by atoms with E-state index in [9.17, 15) is 0 Å². The van der Waals surface area contributed by atoms with Gasteiger partial charge in [-0.2, -0.15) is 0 Å². The van der Waals surface area contributed by atoms with Gasteiger partial charge in [-0.05, 0) is 31.8 Å². The first-order valence-corrected chi connectivity index (χ1v) is 5.31. The normalized spacial score (nSPS) is 20.9. The summed E-state index contributed by atoms with van der Waals surface area (Å²) in [5, 5.41) is 0.209. The topological polar surface area (TPSA) is 61.3 Å². The zero-order valence-corrected chi connectivity index (χ0v) is 8.96. The van der Waals surface area contributed by atoms with E-state index in [4.69, 9.17) is 27.8 Å². The van der Waals surface area contributed by atoms with Gasteiger partial charge in [0.15, 0.2) is 5.88 Å². The second-order valence-corrected chi connectivity index (χ2v) is 3.93. The molecule has 1 fully saturated rings. The molecule has 1 saturated carbocycles. The Morgan fingerprint density at radius 1 is 1.14 bits per heavy atom. The summed E-state index contributed by atoms with van der Waals surface area (Å²) >= 11 is 5.45. The minimum absolute atomic E-state index is 0.209. The summed E-state index contributed by atoms with van der Waals surface area (Å²) in [5.41, 5.74) is 10.9. The summed E-state index contributed by atoms with van der Waals surface area (Å²) in [7, 11) is 0. The lowest BCUT2D eigenvalue weighted by molar-refractivity contribution is 0.0808. The second kappa shape index (κ2) is 5.81. The zero-order valence-electron chi connectivity index (χ0n) is 8.21. The third-order valence-corrected chi connectivity index (χ3v) is 2.39. The van der Waals surface area contributed by atoms with Crippen LogP contribution in [0.3, 0.4) is 0 Å². The van der Waals surface area contributed by atoms with Gasteiger partial charge in [0.05, 0.1) is 5.16 Å². The van der Waals surface area contributed by atoms with Gasteiger partial charge in [0, 0.05) is 6.08 Å². The molecule has 0 atom stereocenters. The van der Waals surface area contributed by atoms with E-state index in [1.807, 2.05) is 0 Å². The Kier molecular flexibility index (Phi) is 4.66. The molecule has 1 rings (SSSR count). The molecule has 0 heterocycles. The molecule has 0 spiro atoms. The maximum absolute atomic E-state index is 5.63. The Morgan fingerprint density at radius 2 is 1.79 bits per heavy atom. The van der Waals surface area contributed by atoms with Crippen LogP contribution in [0.25, 0.3) is 0 Å². The number of hydrogen-bond acceptors (Lipinski definition) is 3. The van der Waals surface area contributed by atoms with Gasteiger partial charge < -0.3 is 16.2 Å². The molecular formula is C10H17ClN2O. The summed E-state index contributed by atoms with van der Waals surface area (Å²) < 4.78 is 5.52. The Labute approximate surface area is 89.7 Å². The lowest BCUT2D eigenvalue weighted by Crippen LogP contribution is -2.19. The Balaban J connectivity index is 2.34. The summed E-state index contributed by atoms with van der Waals surface area (Å²) in [6, 6.07) is 0. The third-order valence-electron chi connectivity index (χ3n) is 2.26. The van der Waals surface area contributed by atoms with Gasteiger partial charge in [0.2, 0.25) is 0 Å². The van der Waals surface area contributed by atoms with Gasteiger partial charge in [-0.1, -0.05) is 18.0 Å². The van der Waals surface area contributed by atoms with Gasteiger partial charge in [0.25, 0.3) is 0 Å².